The summed E-state index contributed by atoms with van der Waals surface area (Å²) < 4.78 is 39.4. The zero-order chi connectivity index (χ0) is 28.7. The Labute approximate surface area is 238 Å². The molecule has 0 spiro atoms. The number of anilines is 1. The maximum atomic E-state index is 13.6. The molecule has 0 aliphatic rings. The van der Waals surface area contributed by atoms with Gasteiger partial charge in [0.25, 0.3) is 5.91 Å². The van der Waals surface area contributed by atoms with Crippen molar-refractivity contribution in [1.82, 2.24) is 4.31 Å². The van der Waals surface area contributed by atoms with Crippen molar-refractivity contribution in [3.63, 3.8) is 0 Å². The first-order valence-electron chi connectivity index (χ1n) is 12.1. The van der Waals surface area contributed by atoms with Gasteiger partial charge in [0.2, 0.25) is 10.0 Å². The molecule has 0 fully saturated rings. The molecule has 0 unspecified atom stereocenters. The summed E-state index contributed by atoms with van der Waals surface area (Å²) in [7, 11) is -2.36. The second-order valence-corrected chi connectivity index (χ2v) is 11.2. The number of halogens is 1. The molecule has 10 heteroatoms. The molecular formula is C30H26ClN3O5S. The number of nitriles is 1. The summed E-state index contributed by atoms with van der Waals surface area (Å²) in [4.78, 5) is 12.8. The molecule has 0 radical (unpaired) electrons. The molecule has 8 nitrogen and oxygen atoms in total. The Kier molecular flexibility index (Phi) is 9.07. The van der Waals surface area contributed by atoms with Gasteiger partial charge in [-0.2, -0.15) is 9.57 Å². The molecule has 204 valence electrons. The molecule has 1 aromatic heterocycles. The van der Waals surface area contributed by atoms with Crippen molar-refractivity contribution >= 4 is 39.3 Å². The average molecular weight is 576 g/mol. The van der Waals surface area contributed by atoms with Crippen molar-refractivity contribution in [3.8, 4) is 11.8 Å². The second kappa shape index (κ2) is 12.7. The maximum absolute atomic E-state index is 13.6. The van der Waals surface area contributed by atoms with Crippen LogP contribution in [0.1, 0.15) is 22.6 Å². The van der Waals surface area contributed by atoms with Crippen LogP contribution in [0.15, 0.2) is 99.8 Å². The van der Waals surface area contributed by atoms with Crippen LogP contribution in [-0.2, 0) is 27.9 Å². The van der Waals surface area contributed by atoms with Crippen LogP contribution in [-0.4, -0.2) is 25.7 Å². The van der Waals surface area contributed by atoms with E-state index in [1.807, 2.05) is 13.0 Å². The third-order valence-corrected chi connectivity index (χ3v) is 8.00. The summed E-state index contributed by atoms with van der Waals surface area (Å²) in [6.45, 7) is 1.88. The number of hydrogen-bond donors (Lipinski definition) is 1. The Hall–Kier alpha value is -4.36. The van der Waals surface area contributed by atoms with E-state index in [4.69, 9.17) is 20.8 Å². The number of sulfonamides is 1. The molecule has 4 rings (SSSR count). The van der Waals surface area contributed by atoms with Gasteiger partial charge in [0.1, 0.15) is 28.9 Å². The normalized spacial score (nSPS) is 11.7. The number of carbonyl (C=O) groups excluding carboxylic acids is 1. The first kappa shape index (κ1) is 28.6. The zero-order valence-electron chi connectivity index (χ0n) is 21.8. The molecule has 0 bridgehead atoms. The van der Waals surface area contributed by atoms with Crippen molar-refractivity contribution in [2.45, 2.75) is 24.9 Å². The number of nitrogens with zero attached hydrogens (tertiary/aromatic N) is 2. The molecule has 0 saturated heterocycles. The second-order valence-electron chi connectivity index (χ2n) is 8.87. The van der Waals surface area contributed by atoms with E-state index in [9.17, 15) is 18.5 Å². The Bertz CT molecular complexity index is 1650. The van der Waals surface area contributed by atoms with Crippen LogP contribution in [0.3, 0.4) is 0 Å². The quantitative estimate of drug-likeness (QED) is 0.178. The standard InChI is InChI=1S/C30H26ClN3O5S/c1-21-3-15-29(16-4-21)40(36,37)34(19-22-5-7-24(31)8-6-22)20-28-14-13-27(39-28)17-23(18-32)30(35)33-25-9-11-26(38-2)12-10-25/h3-17H,19-20H2,1-2H3,(H,33,35)/b23-17-. The van der Waals surface area contributed by atoms with Gasteiger partial charge < -0.3 is 14.5 Å². The highest BCUT2D eigenvalue weighted by molar-refractivity contribution is 7.89. The van der Waals surface area contributed by atoms with Gasteiger partial charge in [0.15, 0.2) is 0 Å². The van der Waals surface area contributed by atoms with E-state index in [1.165, 1.54) is 17.5 Å². The van der Waals surface area contributed by atoms with E-state index >= 15 is 0 Å². The number of aryl methyl sites for hydroxylation is 1. The predicted octanol–water partition coefficient (Wildman–Crippen LogP) is 6.19. The fourth-order valence-corrected chi connectivity index (χ4v) is 5.29. The first-order valence-corrected chi connectivity index (χ1v) is 14.0. The molecule has 3 aromatic carbocycles. The van der Waals surface area contributed by atoms with Gasteiger partial charge in [0.05, 0.1) is 18.6 Å². The molecule has 0 saturated carbocycles. The van der Waals surface area contributed by atoms with Crippen LogP contribution in [0.5, 0.6) is 5.75 Å². The van der Waals surface area contributed by atoms with Crippen molar-refractivity contribution in [2.24, 2.45) is 0 Å². The molecule has 4 aromatic rings. The van der Waals surface area contributed by atoms with Crippen LogP contribution < -0.4 is 10.1 Å². The third-order valence-electron chi connectivity index (χ3n) is 5.95. The Balaban J connectivity index is 1.56. The maximum Gasteiger partial charge on any atom is 0.266 e. The van der Waals surface area contributed by atoms with E-state index in [2.05, 4.69) is 5.32 Å². The minimum absolute atomic E-state index is 0.0764. The summed E-state index contributed by atoms with van der Waals surface area (Å²) >= 11 is 6.01. The molecule has 1 heterocycles. The fraction of sp³-hybridized carbons (Fsp3) is 0.133. The first-order chi connectivity index (χ1) is 19.2. The lowest BCUT2D eigenvalue weighted by Crippen LogP contribution is -2.30. The monoisotopic (exact) mass is 575 g/mol. The Morgan fingerprint density at radius 3 is 2.30 bits per heavy atom. The molecule has 40 heavy (non-hydrogen) atoms. The molecular weight excluding hydrogens is 550 g/mol. The van der Waals surface area contributed by atoms with E-state index in [0.29, 0.717) is 22.2 Å². The van der Waals surface area contributed by atoms with Crippen molar-refractivity contribution in [3.05, 3.63) is 118 Å². The number of furan rings is 1. The smallest absolute Gasteiger partial charge is 0.266 e. The highest BCUT2D eigenvalue weighted by atomic mass is 35.5. The lowest BCUT2D eigenvalue weighted by molar-refractivity contribution is -0.112. The van der Waals surface area contributed by atoms with Gasteiger partial charge in [-0.3, -0.25) is 4.79 Å². The van der Waals surface area contributed by atoms with Gasteiger partial charge in [-0.1, -0.05) is 41.4 Å². The summed E-state index contributed by atoms with van der Waals surface area (Å²) in [5.74, 6) is 0.586. The van der Waals surface area contributed by atoms with Crippen LogP contribution >= 0.6 is 11.6 Å². The van der Waals surface area contributed by atoms with Gasteiger partial charge >= 0.3 is 0 Å². The summed E-state index contributed by atoms with van der Waals surface area (Å²) in [5, 5.41) is 12.8. The average Bonchev–Trinajstić information content (AvgIpc) is 3.40. The number of amides is 1. The van der Waals surface area contributed by atoms with E-state index in [-0.39, 0.29) is 29.3 Å². The Morgan fingerprint density at radius 2 is 1.68 bits per heavy atom. The fourth-order valence-electron chi connectivity index (χ4n) is 3.77. The summed E-state index contributed by atoms with van der Waals surface area (Å²) in [6.07, 6.45) is 1.31. The third kappa shape index (κ3) is 7.18. The number of methoxy groups -OCH3 is 1. The van der Waals surface area contributed by atoms with Crippen LogP contribution in [0.25, 0.3) is 6.08 Å². The minimum Gasteiger partial charge on any atom is -0.497 e. The van der Waals surface area contributed by atoms with Gasteiger partial charge in [0, 0.05) is 23.3 Å². The molecule has 1 amide bonds. The summed E-state index contributed by atoms with van der Waals surface area (Å²) in [5.41, 5.74) is 2.00. The number of benzene rings is 3. The van der Waals surface area contributed by atoms with Crippen molar-refractivity contribution in [1.29, 1.82) is 5.26 Å². The largest absolute Gasteiger partial charge is 0.497 e. The molecule has 1 N–H and O–H groups in total. The minimum atomic E-state index is -3.90. The van der Waals surface area contributed by atoms with Crippen molar-refractivity contribution < 1.29 is 22.4 Å². The van der Waals surface area contributed by atoms with Crippen LogP contribution in [0, 0.1) is 18.3 Å². The molecule has 0 aliphatic carbocycles. The van der Waals surface area contributed by atoms with Crippen LogP contribution in [0.4, 0.5) is 5.69 Å². The van der Waals surface area contributed by atoms with E-state index in [1.54, 1.807) is 84.9 Å². The molecule has 0 atom stereocenters. The molecule has 0 aliphatic heterocycles. The highest BCUT2D eigenvalue weighted by Crippen LogP contribution is 2.24. The lowest BCUT2D eigenvalue weighted by atomic mass is 10.2. The summed E-state index contributed by atoms with van der Waals surface area (Å²) in [6, 6.07) is 25.3. The van der Waals surface area contributed by atoms with Gasteiger partial charge in [-0.05, 0) is 73.2 Å². The van der Waals surface area contributed by atoms with E-state index < -0.39 is 15.9 Å². The zero-order valence-corrected chi connectivity index (χ0v) is 23.4. The van der Waals surface area contributed by atoms with Crippen molar-refractivity contribution in [2.75, 3.05) is 12.4 Å². The van der Waals surface area contributed by atoms with E-state index in [0.717, 1.165) is 11.1 Å². The van der Waals surface area contributed by atoms with Gasteiger partial charge in [-0.15, -0.1) is 0 Å². The number of ether oxygens (including phenoxy) is 1. The highest BCUT2D eigenvalue weighted by Gasteiger charge is 2.26. The number of nitrogens with one attached hydrogen (secondary N) is 1. The SMILES string of the molecule is COc1ccc(NC(=O)/C(C#N)=C\c2ccc(CN(Cc3ccc(Cl)cc3)S(=O)(=O)c3ccc(C)cc3)o2)cc1. The number of carbonyl (C=O) groups is 1. The lowest BCUT2D eigenvalue weighted by Gasteiger charge is -2.21. The number of rotatable bonds is 10. The Morgan fingerprint density at radius 1 is 1.00 bits per heavy atom. The van der Waals surface area contributed by atoms with Gasteiger partial charge in [-0.25, -0.2) is 8.42 Å². The predicted molar refractivity (Wildman–Crippen MR) is 153 cm³/mol. The number of hydrogen-bond acceptors (Lipinski definition) is 6. The van der Waals surface area contributed by atoms with Crippen LogP contribution in [0.2, 0.25) is 5.02 Å². The topological polar surface area (TPSA) is 113 Å².